The molecule has 5 nitrogen and oxygen atoms in total. The first kappa shape index (κ1) is 18.9. The van der Waals surface area contributed by atoms with E-state index in [1.54, 1.807) is 0 Å². The number of hydrogen-bond donors (Lipinski definition) is 2. The van der Waals surface area contributed by atoms with Crippen molar-refractivity contribution in [1.29, 1.82) is 0 Å². The Hall–Kier alpha value is -2.16. The second-order valence-electron chi connectivity index (χ2n) is 5.01. The van der Waals surface area contributed by atoms with Crippen LogP contribution in [0.2, 0.25) is 0 Å². The van der Waals surface area contributed by atoms with E-state index in [1.807, 2.05) is 5.32 Å². The van der Waals surface area contributed by atoms with E-state index >= 15 is 0 Å². The molecule has 1 rings (SSSR count). The van der Waals surface area contributed by atoms with Crippen LogP contribution in [0.25, 0.3) is 0 Å². The van der Waals surface area contributed by atoms with Crippen molar-refractivity contribution >= 4 is 17.5 Å². The molecule has 0 aliphatic heterocycles. The van der Waals surface area contributed by atoms with Gasteiger partial charge in [0.05, 0.1) is 17.4 Å². The maximum atomic E-state index is 13.5. The van der Waals surface area contributed by atoms with E-state index in [0.717, 1.165) is 4.90 Å². The second kappa shape index (κ2) is 7.40. The van der Waals surface area contributed by atoms with Crippen LogP contribution in [-0.4, -0.2) is 41.5 Å². The van der Waals surface area contributed by atoms with Gasteiger partial charge in [0.15, 0.2) is 0 Å². The van der Waals surface area contributed by atoms with Gasteiger partial charge in [-0.2, -0.15) is 13.2 Å². The Morgan fingerprint density at radius 1 is 1.35 bits per heavy atom. The van der Waals surface area contributed by atoms with Crippen molar-refractivity contribution < 1.29 is 32.3 Å². The molecule has 23 heavy (non-hydrogen) atoms. The Balaban J connectivity index is 2.82. The van der Waals surface area contributed by atoms with Crippen molar-refractivity contribution in [2.75, 3.05) is 18.9 Å². The summed E-state index contributed by atoms with van der Waals surface area (Å²) in [5, 5.41) is 10.9. The topological polar surface area (TPSA) is 69.6 Å². The minimum absolute atomic E-state index is 0.0645. The van der Waals surface area contributed by atoms with E-state index in [-0.39, 0.29) is 13.0 Å². The number of alkyl halides is 3. The average Bonchev–Trinajstić information content (AvgIpc) is 2.44. The number of nitrogens with zero attached hydrogens (tertiary/aromatic N) is 1. The molecule has 2 N–H and O–H groups in total. The molecule has 0 aliphatic rings. The number of halogens is 4. The van der Waals surface area contributed by atoms with Gasteiger partial charge in [-0.1, -0.05) is 0 Å². The predicted molar refractivity (Wildman–Crippen MR) is 74.0 cm³/mol. The van der Waals surface area contributed by atoms with Crippen LogP contribution >= 0.6 is 0 Å². The van der Waals surface area contributed by atoms with E-state index in [1.165, 1.54) is 14.0 Å². The molecule has 9 heteroatoms. The lowest BCUT2D eigenvalue weighted by molar-refractivity contribution is -0.142. The highest BCUT2D eigenvalue weighted by molar-refractivity contribution is 6.39. The highest BCUT2D eigenvalue weighted by Crippen LogP contribution is 2.31. The molecule has 0 bridgehead atoms. The fraction of sp³-hybridized carbons (Fsp3) is 0.429. The first-order chi connectivity index (χ1) is 10.5. The molecular formula is C14H16F4N2O3. The monoisotopic (exact) mass is 336 g/mol. The molecule has 1 aromatic carbocycles. The molecule has 0 spiro atoms. The van der Waals surface area contributed by atoms with Gasteiger partial charge in [0.1, 0.15) is 5.82 Å². The number of aliphatic hydroxyl groups excluding tert-OH is 1. The predicted octanol–water partition coefficient (Wildman–Crippen LogP) is 2.01. The lowest BCUT2D eigenvalue weighted by Crippen LogP contribution is -2.38. The van der Waals surface area contributed by atoms with Crippen LogP contribution in [0.1, 0.15) is 18.9 Å². The van der Waals surface area contributed by atoms with Gasteiger partial charge in [-0.05, 0) is 31.5 Å². The second-order valence-corrected chi connectivity index (χ2v) is 5.01. The largest absolute Gasteiger partial charge is 0.416 e. The van der Waals surface area contributed by atoms with Gasteiger partial charge in [-0.25, -0.2) is 4.39 Å². The van der Waals surface area contributed by atoms with Crippen molar-refractivity contribution in [3.8, 4) is 0 Å². The number of carbonyl (C=O) groups excluding carboxylic acids is 2. The van der Waals surface area contributed by atoms with Gasteiger partial charge in [0, 0.05) is 13.6 Å². The Kier molecular flexibility index (Phi) is 6.08. The summed E-state index contributed by atoms with van der Waals surface area (Å²) in [6, 6.07) is 1.50. The fourth-order valence-corrected chi connectivity index (χ4v) is 1.63. The highest BCUT2D eigenvalue weighted by atomic mass is 19.4. The van der Waals surface area contributed by atoms with Crippen LogP contribution in [0.4, 0.5) is 23.2 Å². The van der Waals surface area contributed by atoms with Gasteiger partial charge in [0.2, 0.25) is 0 Å². The van der Waals surface area contributed by atoms with Crippen LogP contribution in [0.15, 0.2) is 18.2 Å². The molecule has 0 radical (unpaired) electrons. The molecule has 0 aliphatic carbocycles. The van der Waals surface area contributed by atoms with Crippen LogP contribution in [0.5, 0.6) is 0 Å². The number of benzene rings is 1. The molecule has 2 amide bonds. The SMILES string of the molecule is CC(O)CCN(C)C(=O)C(=O)Nc1cc(C(F)(F)F)ccc1F. The summed E-state index contributed by atoms with van der Waals surface area (Å²) >= 11 is 0. The zero-order valence-electron chi connectivity index (χ0n) is 12.4. The first-order valence-electron chi connectivity index (χ1n) is 6.63. The van der Waals surface area contributed by atoms with Crippen molar-refractivity contribution in [2.45, 2.75) is 25.6 Å². The summed E-state index contributed by atoms with van der Waals surface area (Å²) in [4.78, 5) is 24.4. The number of aliphatic hydroxyl groups is 1. The van der Waals surface area contributed by atoms with Gasteiger partial charge < -0.3 is 15.3 Å². The third kappa shape index (κ3) is 5.51. The molecule has 1 atom stereocenters. The van der Waals surface area contributed by atoms with Gasteiger partial charge in [-0.15, -0.1) is 0 Å². The Morgan fingerprint density at radius 3 is 2.48 bits per heavy atom. The van der Waals surface area contributed by atoms with E-state index in [2.05, 4.69) is 0 Å². The number of anilines is 1. The molecular weight excluding hydrogens is 320 g/mol. The van der Waals surface area contributed by atoms with Crippen LogP contribution in [0.3, 0.4) is 0 Å². The lowest BCUT2D eigenvalue weighted by Gasteiger charge is -2.17. The normalized spacial score (nSPS) is 12.7. The van der Waals surface area contributed by atoms with E-state index in [9.17, 15) is 27.2 Å². The summed E-state index contributed by atoms with van der Waals surface area (Å²) in [6.45, 7) is 1.56. The summed E-state index contributed by atoms with van der Waals surface area (Å²) in [5.74, 6) is -3.41. The highest BCUT2D eigenvalue weighted by Gasteiger charge is 2.31. The zero-order valence-corrected chi connectivity index (χ0v) is 12.4. The van der Waals surface area contributed by atoms with Crippen LogP contribution in [0, 0.1) is 5.82 Å². The molecule has 1 unspecified atom stereocenters. The fourth-order valence-electron chi connectivity index (χ4n) is 1.63. The molecule has 1 aromatic rings. The summed E-state index contributed by atoms with van der Waals surface area (Å²) < 4.78 is 51.2. The summed E-state index contributed by atoms with van der Waals surface area (Å²) in [7, 11) is 1.28. The van der Waals surface area contributed by atoms with E-state index < -0.39 is 41.2 Å². The first-order valence-corrected chi connectivity index (χ1v) is 6.63. The number of rotatable bonds is 4. The molecule has 0 fully saturated rings. The molecule has 0 saturated carbocycles. The number of likely N-dealkylation sites (N-methyl/N-ethyl adjacent to an activating group) is 1. The Morgan fingerprint density at radius 2 is 1.96 bits per heavy atom. The van der Waals surface area contributed by atoms with Gasteiger partial charge in [-0.3, -0.25) is 9.59 Å². The average molecular weight is 336 g/mol. The maximum Gasteiger partial charge on any atom is 0.416 e. The minimum Gasteiger partial charge on any atom is -0.393 e. The maximum absolute atomic E-state index is 13.5. The van der Waals surface area contributed by atoms with Crippen LogP contribution in [-0.2, 0) is 15.8 Å². The Bertz CT molecular complexity index is 588. The van der Waals surface area contributed by atoms with Gasteiger partial charge >= 0.3 is 18.0 Å². The summed E-state index contributed by atoms with van der Waals surface area (Å²) in [5.41, 5.74) is -1.88. The van der Waals surface area contributed by atoms with E-state index in [0.29, 0.717) is 18.2 Å². The molecule has 0 saturated heterocycles. The Labute approximate surface area is 129 Å². The standard InChI is InChI=1S/C14H16F4N2O3/c1-8(21)5-6-20(2)13(23)12(22)19-11-7-9(14(16,17)18)3-4-10(11)15/h3-4,7-8,21H,5-6H2,1-2H3,(H,19,22). The number of nitrogens with one attached hydrogen (secondary N) is 1. The lowest BCUT2D eigenvalue weighted by atomic mass is 10.2. The van der Waals surface area contributed by atoms with Crippen molar-refractivity contribution in [1.82, 2.24) is 4.90 Å². The molecule has 128 valence electrons. The number of hydrogen-bond acceptors (Lipinski definition) is 3. The molecule has 0 aromatic heterocycles. The zero-order chi connectivity index (χ0) is 17.8. The third-order valence-electron chi connectivity index (χ3n) is 2.97. The smallest absolute Gasteiger partial charge is 0.393 e. The minimum atomic E-state index is -4.70. The summed E-state index contributed by atoms with van der Waals surface area (Å²) in [6.07, 6.45) is -5.17. The van der Waals surface area contributed by atoms with E-state index in [4.69, 9.17) is 5.11 Å². The van der Waals surface area contributed by atoms with Crippen molar-refractivity contribution in [3.05, 3.63) is 29.6 Å². The van der Waals surface area contributed by atoms with Crippen LogP contribution < -0.4 is 5.32 Å². The van der Waals surface area contributed by atoms with Crippen molar-refractivity contribution in [2.24, 2.45) is 0 Å². The van der Waals surface area contributed by atoms with Gasteiger partial charge in [0.25, 0.3) is 0 Å². The van der Waals surface area contributed by atoms with Crippen molar-refractivity contribution in [3.63, 3.8) is 0 Å². The number of carbonyl (C=O) groups is 2. The molecule has 0 heterocycles. The number of amides is 2. The quantitative estimate of drug-likeness (QED) is 0.653. The third-order valence-corrected chi connectivity index (χ3v) is 2.97.